The van der Waals surface area contributed by atoms with Gasteiger partial charge >= 0.3 is 0 Å². The Morgan fingerprint density at radius 2 is 2.35 bits per heavy atom. The maximum Gasteiger partial charge on any atom is 0.288 e. The van der Waals surface area contributed by atoms with Crippen LogP contribution < -0.4 is 4.68 Å². The lowest BCUT2D eigenvalue weighted by Crippen LogP contribution is -2.36. The van der Waals surface area contributed by atoms with Crippen LogP contribution >= 0.6 is 0 Å². The molecule has 8 nitrogen and oxygen atoms in total. The lowest BCUT2D eigenvalue weighted by molar-refractivity contribution is -0.754. The Labute approximate surface area is 95.4 Å². The third kappa shape index (κ3) is 1.80. The van der Waals surface area contributed by atoms with Crippen LogP contribution in [-0.2, 0) is 13.0 Å². The van der Waals surface area contributed by atoms with E-state index in [-0.39, 0.29) is 0 Å². The first-order valence-corrected chi connectivity index (χ1v) is 5.12. The van der Waals surface area contributed by atoms with Crippen molar-refractivity contribution in [3.8, 4) is 0 Å². The quantitative estimate of drug-likeness (QED) is 0.460. The molecule has 3 aromatic rings. The van der Waals surface area contributed by atoms with Crippen LogP contribution in [0.2, 0.25) is 0 Å². The summed E-state index contributed by atoms with van der Waals surface area (Å²) in [6.07, 6.45) is 2.45. The molecule has 0 spiro atoms. The van der Waals surface area contributed by atoms with Gasteiger partial charge in [0.2, 0.25) is 0 Å². The van der Waals surface area contributed by atoms with Crippen molar-refractivity contribution >= 4 is 11.0 Å². The van der Waals surface area contributed by atoms with Gasteiger partial charge in [-0.3, -0.25) is 0 Å². The number of nitrogens with one attached hydrogen (secondary N) is 1. The monoisotopic (exact) mass is 232 g/mol. The van der Waals surface area contributed by atoms with Gasteiger partial charge in [0.05, 0.1) is 6.54 Å². The number of aryl methyl sites for hydroxylation is 2. The van der Waals surface area contributed by atoms with Crippen LogP contribution in [0.1, 0.15) is 5.56 Å². The summed E-state index contributed by atoms with van der Waals surface area (Å²) < 4.78 is 1.78. The molecule has 1 aromatic carbocycles. The van der Waals surface area contributed by atoms with Gasteiger partial charge in [0.25, 0.3) is 6.33 Å². The number of fused-ring (bicyclic) bond motifs is 1. The van der Waals surface area contributed by atoms with Crippen molar-refractivity contribution in [1.82, 2.24) is 30.7 Å². The Bertz CT molecular complexity index is 630. The molecule has 0 amide bonds. The molecule has 0 atom stereocenters. The molecule has 0 radical (unpaired) electrons. The van der Waals surface area contributed by atoms with Crippen LogP contribution in [0.4, 0.5) is 0 Å². The smallest absolute Gasteiger partial charge is 0.288 e. The molecule has 0 saturated heterocycles. The Hall–Kier alpha value is -2.51. The highest BCUT2D eigenvalue weighted by molar-refractivity contribution is 5.74. The molecule has 0 unspecified atom stereocenters. The third-order valence-corrected chi connectivity index (χ3v) is 2.56. The Balaban J connectivity index is 1.81. The van der Waals surface area contributed by atoms with Gasteiger partial charge in [0.15, 0.2) is 5.21 Å². The first-order chi connectivity index (χ1) is 8.33. The lowest BCUT2D eigenvalue weighted by Gasteiger charge is -1.98. The minimum absolute atomic E-state index is 0.601. The minimum Gasteiger partial charge on any atom is -0.410 e. The second-order valence-corrected chi connectivity index (χ2v) is 3.68. The third-order valence-electron chi connectivity index (χ3n) is 2.56. The van der Waals surface area contributed by atoms with E-state index in [1.54, 1.807) is 17.1 Å². The van der Waals surface area contributed by atoms with Crippen LogP contribution in [0.25, 0.3) is 11.0 Å². The standard InChI is InChI=1S/C9H9N7O/c17-16-9-2-1-7(5-8(9)11-13-16)3-4-15-6-10-12-14-15/h1-2,5-6,17H,3-4H2/p+1. The maximum absolute atomic E-state index is 9.30. The summed E-state index contributed by atoms with van der Waals surface area (Å²) in [5.74, 6) is 0. The zero-order valence-electron chi connectivity index (χ0n) is 8.85. The number of hydrogen-bond donors (Lipinski definition) is 2. The molecule has 86 valence electrons. The molecule has 0 saturated carbocycles. The van der Waals surface area contributed by atoms with E-state index in [4.69, 9.17) is 0 Å². The summed E-state index contributed by atoms with van der Waals surface area (Å²) in [5, 5.41) is 26.7. The maximum atomic E-state index is 9.30. The number of aromatic nitrogens is 7. The molecule has 2 heterocycles. The van der Waals surface area contributed by atoms with Crippen LogP contribution in [0.15, 0.2) is 24.5 Å². The van der Waals surface area contributed by atoms with Crippen LogP contribution in [0.3, 0.4) is 0 Å². The number of nitrogens with zero attached hydrogens (tertiary/aromatic N) is 6. The molecular formula is C9H10N7O+. The van der Waals surface area contributed by atoms with Crippen LogP contribution in [0, 0.1) is 0 Å². The van der Waals surface area contributed by atoms with Gasteiger partial charge in [0.1, 0.15) is 16.1 Å². The van der Waals surface area contributed by atoms with E-state index in [0.29, 0.717) is 11.0 Å². The zero-order valence-corrected chi connectivity index (χ0v) is 8.85. The molecule has 8 heteroatoms. The fourth-order valence-corrected chi connectivity index (χ4v) is 1.67. The van der Waals surface area contributed by atoms with Crippen molar-refractivity contribution in [2.75, 3.05) is 0 Å². The van der Waals surface area contributed by atoms with Crippen molar-refractivity contribution in [2.24, 2.45) is 0 Å². The van der Waals surface area contributed by atoms with E-state index >= 15 is 0 Å². The van der Waals surface area contributed by atoms with Crippen molar-refractivity contribution in [3.63, 3.8) is 0 Å². The van der Waals surface area contributed by atoms with Crippen molar-refractivity contribution in [2.45, 2.75) is 13.0 Å². The molecule has 2 aromatic heterocycles. The van der Waals surface area contributed by atoms with Gasteiger partial charge in [-0.15, -0.1) is 5.10 Å². The minimum atomic E-state index is 0.601. The molecule has 3 rings (SSSR count). The Morgan fingerprint density at radius 3 is 3.18 bits per heavy atom. The molecule has 0 fully saturated rings. The summed E-state index contributed by atoms with van der Waals surface area (Å²) in [7, 11) is 0. The predicted molar refractivity (Wildman–Crippen MR) is 55.0 cm³/mol. The summed E-state index contributed by atoms with van der Waals surface area (Å²) >= 11 is 0. The van der Waals surface area contributed by atoms with E-state index in [2.05, 4.69) is 25.8 Å². The number of tetrazole rings is 1. The average molecular weight is 232 g/mol. The molecule has 2 N–H and O–H groups in total. The zero-order chi connectivity index (χ0) is 11.7. The molecular weight excluding hydrogens is 222 g/mol. The van der Waals surface area contributed by atoms with Crippen molar-refractivity contribution in [1.29, 1.82) is 0 Å². The van der Waals surface area contributed by atoms with Gasteiger partial charge < -0.3 is 5.21 Å². The average Bonchev–Trinajstić information content (AvgIpc) is 2.97. The summed E-state index contributed by atoms with van der Waals surface area (Å²) in [6.45, 7) is 0.756. The number of H-pyrrole nitrogens is 1. The first-order valence-electron chi connectivity index (χ1n) is 5.12. The molecule has 0 aliphatic rings. The highest BCUT2D eigenvalue weighted by Gasteiger charge is 2.05. The van der Waals surface area contributed by atoms with E-state index in [9.17, 15) is 5.21 Å². The van der Waals surface area contributed by atoms with Crippen molar-refractivity contribution < 1.29 is 9.89 Å². The van der Waals surface area contributed by atoms with E-state index < -0.39 is 0 Å². The van der Waals surface area contributed by atoms with Gasteiger partial charge in [-0.05, 0) is 22.9 Å². The summed E-state index contributed by atoms with van der Waals surface area (Å²) in [6, 6.07) is 5.63. The highest BCUT2D eigenvalue weighted by atomic mass is 16.5. The second kappa shape index (κ2) is 3.81. The Morgan fingerprint density at radius 1 is 1.41 bits per heavy atom. The van der Waals surface area contributed by atoms with Crippen LogP contribution in [0.5, 0.6) is 0 Å². The Kier molecular flexibility index (Phi) is 2.18. The lowest BCUT2D eigenvalue weighted by atomic mass is 10.1. The van der Waals surface area contributed by atoms with E-state index in [1.165, 1.54) is 0 Å². The number of hydrogen-bond acceptors (Lipinski definition) is 5. The fourth-order valence-electron chi connectivity index (χ4n) is 1.67. The van der Waals surface area contributed by atoms with Crippen molar-refractivity contribution in [3.05, 3.63) is 30.1 Å². The topological polar surface area (TPSA) is 96.4 Å². The van der Waals surface area contributed by atoms with Gasteiger partial charge in [0, 0.05) is 6.42 Å². The fraction of sp³-hybridized carbons (Fsp3) is 0.222. The summed E-state index contributed by atoms with van der Waals surface area (Å²) in [5.41, 5.74) is 2.39. The van der Waals surface area contributed by atoms with Crippen LogP contribution in [-0.4, -0.2) is 35.9 Å². The molecule has 0 bridgehead atoms. The normalized spacial score (nSPS) is 11.1. The molecule has 0 aliphatic carbocycles. The number of benzene rings is 1. The predicted octanol–water partition coefficient (Wildman–Crippen LogP) is -0.683. The largest absolute Gasteiger partial charge is 0.410 e. The second-order valence-electron chi connectivity index (χ2n) is 3.68. The van der Waals surface area contributed by atoms with E-state index in [0.717, 1.165) is 23.4 Å². The van der Waals surface area contributed by atoms with Gasteiger partial charge in [-0.1, -0.05) is 16.1 Å². The highest BCUT2D eigenvalue weighted by Crippen LogP contribution is 2.12. The summed E-state index contributed by atoms with van der Waals surface area (Å²) in [4.78, 5) is 0.771. The van der Waals surface area contributed by atoms with E-state index in [1.807, 2.05) is 12.1 Å². The van der Waals surface area contributed by atoms with Gasteiger partial charge in [-0.2, -0.15) is 4.68 Å². The number of rotatable bonds is 3. The SMILES string of the molecule is On1nnc2cc(CC[n+]3cnn[nH]3)ccc21. The first kappa shape index (κ1) is 9.70. The molecule has 17 heavy (non-hydrogen) atoms. The molecule has 0 aliphatic heterocycles. The number of aromatic amines is 1. The van der Waals surface area contributed by atoms with Gasteiger partial charge in [-0.25, -0.2) is 0 Å².